The molecule has 0 radical (unpaired) electrons. The fraction of sp³-hybridized carbons (Fsp3) is 0.391. The molecule has 3 aliphatic heterocycles. The van der Waals surface area contributed by atoms with Crippen LogP contribution in [0.5, 0.6) is 0 Å². The van der Waals surface area contributed by atoms with Crippen molar-refractivity contribution in [2.24, 2.45) is 0 Å². The smallest absolute Gasteiger partial charge is 0.319 e. The van der Waals surface area contributed by atoms with Crippen molar-refractivity contribution >= 4 is 78.3 Å². The third-order valence-electron chi connectivity index (χ3n) is 6.91. The maximum absolute atomic E-state index is 12.6. The molecule has 1 saturated heterocycles. The van der Waals surface area contributed by atoms with E-state index < -0.39 is 31.4 Å². The van der Waals surface area contributed by atoms with Crippen molar-refractivity contribution in [2.45, 2.75) is 46.2 Å². The third-order valence-corrected chi connectivity index (χ3v) is 12.0. The van der Waals surface area contributed by atoms with Crippen molar-refractivity contribution in [3.05, 3.63) is 57.5 Å². The first kappa shape index (κ1) is 27.6. The van der Waals surface area contributed by atoms with E-state index in [1.165, 1.54) is 23.5 Å². The van der Waals surface area contributed by atoms with E-state index in [-0.39, 0.29) is 16.3 Å². The Labute approximate surface area is 235 Å². The summed E-state index contributed by atoms with van der Waals surface area (Å²) in [6.45, 7) is 0.990. The van der Waals surface area contributed by atoms with Crippen LogP contribution in [0.4, 0.5) is 11.4 Å². The third kappa shape index (κ3) is 5.42. The fourth-order valence-electron chi connectivity index (χ4n) is 5.40. The zero-order valence-corrected chi connectivity index (χ0v) is 24.2. The number of benzene rings is 2. The van der Waals surface area contributed by atoms with Gasteiger partial charge in [-0.1, -0.05) is 46.7 Å². The molecule has 2 aromatic rings. The summed E-state index contributed by atoms with van der Waals surface area (Å²) in [6, 6.07) is 11.0. The highest BCUT2D eigenvalue weighted by Crippen LogP contribution is 2.57. The van der Waals surface area contributed by atoms with Gasteiger partial charge in [-0.25, -0.2) is 8.42 Å². The second-order valence-corrected chi connectivity index (χ2v) is 15.4. The fourth-order valence-corrected chi connectivity index (χ4v) is 10.4. The Morgan fingerprint density at radius 3 is 2.49 bits per heavy atom. The molecule has 8 nitrogen and oxygen atoms in total. The molecule has 0 aliphatic carbocycles. The summed E-state index contributed by atoms with van der Waals surface area (Å²) in [5.74, 6) is -0.431. The molecule has 14 heteroatoms. The van der Waals surface area contributed by atoms with Crippen LogP contribution in [0.1, 0.15) is 25.7 Å². The standard InChI is InChI=1S/C23H24Cl2N2O6S4/c24-15-5-7-19-17(12-15)26(9-1-2-11-36(28,29)30)21(34-19)14-22-27(10-3-4-23(27)37(31,32)33)18-13-16(25)6-8-20(18)35-22/h5-8,12-14,22-23H,1-4,9-11H2,(H-,28,29,30,31,32,33). The van der Waals surface area contributed by atoms with Crippen molar-refractivity contribution in [3.8, 4) is 0 Å². The zero-order valence-electron chi connectivity index (χ0n) is 19.4. The summed E-state index contributed by atoms with van der Waals surface area (Å²) < 4.78 is 68.7. The van der Waals surface area contributed by atoms with Gasteiger partial charge in [-0.2, -0.15) is 8.42 Å². The Hall–Kier alpha value is -0.960. The summed E-state index contributed by atoms with van der Waals surface area (Å²) in [6.07, 6.45) is 3.69. The number of rotatable bonds is 7. The van der Waals surface area contributed by atoms with Crippen LogP contribution in [0.3, 0.4) is 0 Å². The molecule has 1 fully saturated rings. The first-order chi connectivity index (χ1) is 17.4. The van der Waals surface area contributed by atoms with Gasteiger partial charge in [-0.05, 0) is 43.2 Å². The molecule has 0 amide bonds. The first-order valence-electron chi connectivity index (χ1n) is 11.6. The van der Waals surface area contributed by atoms with Gasteiger partial charge in [0.15, 0.2) is 11.1 Å². The van der Waals surface area contributed by atoms with Gasteiger partial charge in [0.25, 0.3) is 0 Å². The maximum Gasteiger partial charge on any atom is 0.319 e. The highest BCUT2D eigenvalue weighted by atomic mass is 35.5. The van der Waals surface area contributed by atoms with Gasteiger partial charge >= 0.3 is 10.1 Å². The summed E-state index contributed by atoms with van der Waals surface area (Å²) in [5.41, 5.74) is 1.66. The summed E-state index contributed by atoms with van der Waals surface area (Å²) in [7, 11) is -8.65. The molecule has 3 aliphatic rings. The van der Waals surface area contributed by atoms with Crippen LogP contribution in [0, 0.1) is 0 Å². The SMILES string of the molecule is O=S(=O)([O-])CCCCN1C(=CC2Sc3ccc(Cl)cc3[N+]23CCCC3S(=O)(=O)O)Sc2ccc(Cl)cc21. The Bertz CT molecular complexity index is 1480. The van der Waals surface area contributed by atoms with Gasteiger partial charge in [0.2, 0.25) is 5.37 Å². The Morgan fingerprint density at radius 2 is 1.78 bits per heavy atom. The number of hydrogen-bond acceptors (Lipinski definition) is 8. The molecule has 1 N–H and O–H groups in total. The van der Waals surface area contributed by atoms with Crippen molar-refractivity contribution in [1.29, 1.82) is 0 Å². The number of fused-ring (bicyclic) bond motifs is 3. The second-order valence-electron chi connectivity index (χ2n) is 9.23. The summed E-state index contributed by atoms with van der Waals surface area (Å²) in [4.78, 5) is 3.92. The van der Waals surface area contributed by atoms with Crippen LogP contribution in [-0.4, -0.2) is 55.5 Å². The van der Waals surface area contributed by atoms with Crippen LogP contribution in [0.25, 0.3) is 0 Å². The van der Waals surface area contributed by atoms with Gasteiger partial charge in [-0.3, -0.25) is 9.04 Å². The predicted octanol–water partition coefficient (Wildman–Crippen LogP) is 5.52. The molecular weight excluding hydrogens is 599 g/mol. The Balaban J connectivity index is 1.54. The molecule has 3 heterocycles. The number of hydrogen-bond donors (Lipinski definition) is 1. The lowest BCUT2D eigenvalue weighted by atomic mass is 10.2. The predicted molar refractivity (Wildman–Crippen MR) is 149 cm³/mol. The van der Waals surface area contributed by atoms with Gasteiger partial charge < -0.3 is 9.45 Å². The average molecular weight is 624 g/mol. The minimum atomic E-state index is -4.36. The van der Waals surface area contributed by atoms with E-state index in [9.17, 15) is 25.9 Å². The number of thioether (sulfide) groups is 2. The Kier molecular flexibility index (Phi) is 7.62. The van der Waals surface area contributed by atoms with Gasteiger partial charge in [0, 0.05) is 52.2 Å². The number of halogens is 2. The highest BCUT2D eigenvalue weighted by molar-refractivity contribution is 8.04. The quantitative estimate of drug-likeness (QED) is 0.242. The molecule has 37 heavy (non-hydrogen) atoms. The van der Waals surface area contributed by atoms with Crippen LogP contribution < -0.4 is 9.38 Å². The molecular formula is C23H24Cl2N2O6S4. The largest absolute Gasteiger partial charge is 0.748 e. The van der Waals surface area contributed by atoms with Gasteiger partial charge in [0.1, 0.15) is 0 Å². The van der Waals surface area contributed by atoms with Crippen molar-refractivity contribution in [2.75, 3.05) is 23.7 Å². The van der Waals surface area contributed by atoms with E-state index >= 15 is 0 Å². The number of unbranched alkanes of at least 4 members (excludes halogenated alkanes) is 1. The van der Waals surface area contributed by atoms with Gasteiger partial charge in [-0.15, -0.1) is 0 Å². The van der Waals surface area contributed by atoms with E-state index in [0.29, 0.717) is 42.4 Å². The van der Waals surface area contributed by atoms with Crippen molar-refractivity contribution in [3.63, 3.8) is 0 Å². The second kappa shape index (κ2) is 10.2. The lowest BCUT2D eigenvalue weighted by Gasteiger charge is -2.38. The summed E-state index contributed by atoms with van der Waals surface area (Å²) in [5, 5.41) is 0.551. The highest BCUT2D eigenvalue weighted by Gasteiger charge is 2.59. The molecule has 3 atom stereocenters. The number of nitrogens with zero attached hydrogens (tertiary/aromatic N) is 2. The van der Waals surface area contributed by atoms with Crippen molar-refractivity contribution in [1.82, 2.24) is 4.48 Å². The van der Waals surface area contributed by atoms with Crippen LogP contribution in [0.15, 0.2) is 57.3 Å². The molecule has 3 unspecified atom stereocenters. The lowest BCUT2D eigenvalue weighted by molar-refractivity contribution is 0.301. The molecule has 5 rings (SSSR count). The van der Waals surface area contributed by atoms with E-state index in [1.54, 1.807) is 18.2 Å². The van der Waals surface area contributed by atoms with Crippen LogP contribution in [-0.2, 0) is 20.2 Å². The molecule has 1 spiro atoms. The normalized spacial score (nSPS) is 26.3. The van der Waals surface area contributed by atoms with E-state index in [4.69, 9.17) is 23.2 Å². The molecule has 2 aromatic carbocycles. The van der Waals surface area contributed by atoms with E-state index in [0.717, 1.165) is 26.2 Å². The first-order valence-corrected chi connectivity index (χ1v) is 17.1. The molecule has 0 bridgehead atoms. The minimum Gasteiger partial charge on any atom is -0.748 e. The molecule has 0 saturated carbocycles. The maximum atomic E-state index is 12.6. The van der Waals surface area contributed by atoms with Crippen LogP contribution >= 0.6 is 46.7 Å². The zero-order chi connectivity index (χ0) is 26.6. The number of quaternary nitrogens is 1. The topological polar surface area (TPSA) is 115 Å². The monoisotopic (exact) mass is 622 g/mol. The Morgan fingerprint density at radius 1 is 1.08 bits per heavy atom. The van der Waals surface area contributed by atoms with Crippen molar-refractivity contribution < 1.29 is 25.9 Å². The van der Waals surface area contributed by atoms with E-state index in [1.807, 2.05) is 29.2 Å². The summed E-state index contributed by atoms with van der Waals surface area (Å²) >= 11 is 15.7. The molecule has 0 aromatic heterocycles. The number of anilines is 1. The lowest BCUT2D eigenvalue weighted by Crippen LogP contribution is -2.58. The molecule has 200 valence electrons. The average Bonchev–Trinajstić information content (AvgIpc) is 3.47. The van der Waals surface area contributed by atoms with E-state index in [2.05, 4.69) is 0 Å². The minimum absolute atomic E-state index is 0.0584. The van der Waals surface area contributed by atoms with Gasteiger partial charge in [0.05, 0.1) is 32.3 Å². The van der Waals surface area contributed by atoms with Crippen LogP contribution in [0.2, 0.25) is 10.0 Å².